The number of nitrogen functional groups attached to an aromatic ring is 1. The van der Waals surface area contributed by atoms with Gasteiger partial charge in [-0.2, -0.15) is 0 Å². The molecule has 3 aromatic rings. The molecule has 1 heterocycles. The molecule has 0 spiro atoms. The molecule has 0 amide bonds. The number of thioether (sulfide) groups is 1. The number of hydrogen-bond acceptors (Lipinski definition) is 4. The summed E-state index contributed by atoms with van der Waals surface area (Å²) in [4.78, 5) is 0. The van der Waals surface area contributed by atoms with E-state index in [1.807, 2.05) is 38.1 Å². The number of hydrogen-bond donors (Lipinski definition) is 1. The zero-order chi connectivity index (χ0) is 16.4. The molecule has 2 N–H and O–H groups in total. The maximum Gasteiger partial charge on any atom is 0.210 e. The first-order valence-electron chi connectivity index (χ1n) is 7.24. The molecule has 0 radical (unpaired) electrons. The van der Waals surface area contributed by atoms with Gasteiger partial charge >= 0.3 is 0 Å². The average Bonchev–Trinajstić information content (AvgIpc) is 2.90. The van der Waals surface area contributed by atoms with Crippen LogP contribution in [0, 0.1) is 12.7 Å². The average molecular weight is 328 g/mol. The summed E-state index contributed by atoms with van der Waals surface area (Å²) in [5.41, 5.74) is 3.11. The molecule has 118 valence electrons. The van der Waals surface area contributed by atoms with Crippen LogP contribution in [0.4, 0.5) is 4.39 Å². The largest absolute Gasteiger partial charge is 0.335 e. The van der Waals surface area contributed by atoms with Crippen LogP contribution in [-0.4, -0.2) is 14.9 Å². The molecule has 1 atom stereocenters. The van der Waals surface area contributed by atoms with E-state index in [4.69, 9.17) is 5.84 Å². The van der Waals surface area contributed by atoms with Crippen molar-refractivity contribution in [1.82, 2.24) is 14.9 Å². The second-order valence-electron chi connectivity index (χ2n) is 5.35. The van der Waals surface area contributed by atoms with Gasteiger partial charge in [-0.05, 0) is 31.5 Å². The van der Waals surface area contributed by atoms with Crippen molar-refractivity contribution in [2.75, 3.05) is 5.84 Å². The van der Waals surface area contributed by atoms with Crippen molar-refractivity contribution in [1.29, 1.82) is 0 Å². The van der Waals surface area contributed by atoms with E-state index in [2.05, 4.69) is 10.2 Å². The normalized spacial score (nSPS) is 12.3. The van der Waals surface area contributed by atoms with Crippen LogP contribution in [0.15, 0.2) is 53.7 Å². The third-order valence-corrected chi connectivity index (χ3v) is 4.71. The van der Waals surface area contributed by atoms with Gasteiger partial charge in [0.1, 0.15) is 5.82 Å². The van der Waals surface area contributed by atoms with Crippen molar-refractivity contribution < 1.29 is 4.39 Å². The minimum Gasteiger partial charge on any atom is -0.335 e. The van der Waals surface area contributed by atoms with E-state index in [-0.39, 0.29) is 11.1 Å². The Morgan fingerprint density at radius 2 is 1.70 bits per heavy atom. The highest BCUT2D eigenvalue weighted by molar-refractivity contribution is 7.99. The lowest BCUT2D eigenvalue weighted by molar-refractivity contribution is 0.627. The first-order chi connectivity index (χ1) is 11.0. The molecule has 4 nitrogen and oxygen atoms in total. The Kier molecular flexibility index (Phi) is 4.34. The SMILES string of the molecule is Cc1ccc(-c2nnc(S[C@@H](C)c3ccc(F)cc3)n2N)cc1. The highest BCUT2D eigenvalue weighted by Crippen LogP contribution is 2.34. The van der Waals surface area contributed by atoms with Gasteiger partial charge in [0.05, 0.1) is 0 Å². The first kappa shape index (κ1) is 15.6. The zero-order valence-electron chi connectivity index (χ0n) is 12.9. The van der Waals surface area contributed by atoms with E-state index >= 15 is 0 Å². The molecule has 6 heteroatoms. The monoisotopic (exact) mass is 328 g/mol. The van der Waals surface area contributed by atoms with Crippen molar-refractivity contribution in [3.63, 3.8) is 0 Å². The predicted molar refractivity (Wildman–Crippen MR) is 91.0 cm³/mol. The van der Waals surface area contributed by atoms with Crippen LogP contribution in [0.25, 0.3) is 11.4 Å². The topological polar surface area (TPSA) is 56.7 Å². The molecule has 0 aliphatic carbocycles. The van der Waals surface area contributed by atoms with Gasteiger partial charge in [-0.3, -0.25) is 0 Å². The van der Waals surface area contributed by atoms with Gasteiger partial charge in [0.15, 0.2) is 5.82 Å². The summed E-state index contributed by atoms with van der Waals surface area (Å²) in [6.07, 6.45) is 0. The summed E-state index contributed by atoms with van der Waals surface area (Å²) >= 11 is 1.49. The van der Waals surface area contributed by atoms with Crippen LogP contribution in [0.3, 0.4) is 0 Å². The summed E-state index contributed by atoms with van der Waals surface area (Å²) in [7, 11) is 0. The molecule has 0 aliphatic heterocycles. The zero-order valence-corrected chi connectivity index (χ0v) is 13.7. The minimum atomic E-state index is -0.241. The fraction of sp³-hybridized carbons (Fsp3) is 0.176. The molecule has 0 saturated carbocycles. The maximum atomic E-state index is 13.0. The van der Waals surface area contributed by atoms with Crippen LogP contribution in [-0.2, 0) is 0 Å². The Morgan fingerprint density at radius 1 is 1.04 bits per heavy atom. The van der Waals surface area contributed by atoms with E-state index in [1.165, 1.54) is 34.1 Å². The number of halogens is 1. The highest BCUT2D eigenvalue weighted by atomic mass is 32.2. The van der Waals surface area contributed by atoms with Crippen molar-refractivity contribution in [2.45, 2.75) is 24.3 Å². The second kappa shape index (κ2) is 6.42. The van der Waals surface area contributed by atoms with Crippen molar-refractivity contribution >= 4 is 11.8 Å². The van der Waals surface area contributed by atoms with E-state index in [1.54, 1.807) is 12.1 Å². The summed E-state index contributed by atoms with van der Waals surface area (Å²) in [5.74, 6) is 6.52. The van der Waals surface area contributed by atoms with Crippen LogP contribution in [0.1, 0.15) is 23.3 Å². The lowest BCUT2D eigenvalue weighted by Gasteiger charge is -2.11. The van der Waals surface area contributed by atoms with Crippen LogP contribution >= 0.6 is 11.8 Å². The molecule has 0 aliphatic rings. The maximum absolute atomic E-state index is 13.0. The summed E-state index contributed by atoms with van der Waals surface area (Å²) < 4.78 is 14.5. The van der Waals surface area contributed by atoms with Crippen molar-refractivity contribution in [3.05, 3.63) is 65.5 Å². The summed E-state index contributed by atoms with van der Waals surface area (Å²) in [6, 6.07) is 14.4. The fourth-order valence-corrected chi connectivity index (χ4v) is 3.11. The molecular weight excluding hydrogens is 311 g/mol. The second-order valence-corrected chi connectivity index (χ2v) is 6.66. The lowest BCUT2D eigenvalue weighted by atomic mass is 10.1. The number of benzene rings is 2. The minimum absolute atomic E-state index is 0.0907. The summed E-state index contributed by atoms with van der Waals surface area (Å²) in [6.45, 7) is 4.06. The Hall–Kier alpha value is -2.34. The van der Waals surface area contributed by atoms with E-state index in [0.717, 1.165) is 11.1 Å². The van der Waals surface area contributed by atoms with Crippen LogP contribution in [0.2, 0.25) is 0 Å². The first-order valence-corrected chi connectivity index (χ1v) is 8.12. The van der Waals surface area contributed by atoms with Gasteiger partial charge in [0.2, 0.25) is 5.16 Å². The smallest absolute Gasteiger partial charge is 0.210 e. The molecule has 0 fully saturated rings. The van der Waals surface area contributed by atoms with Gasteiger partial charge < -0.3 is 5.84 Å². The highest BCUT2D eigenvalue weighted by Gasteiger charge is 2.16. The van der Waals surface area contributed by atoms with Gasteiger partial charge in [-0.25, -0.2) is 9.07 Å². The Morgan fingerprint density at radius 3 is 2.35 bits per heavy atom. The van der Waals surface area contributed by atoms with Crippen molar-refractivity contribution in [2.24, 2.45) is 0 Å². The third-order valence-electron chi connectivity index (χ3n) is 3.60. The fourth-order valence-electron chi connectivity index (χ4n) is 2.22. The molecule has 1 aromatic heterocycles. The number of rotatable bonds is 4. The van der Waals surface area contributed by atoms with E-state index in [0.29, 0.717) is 11.0 Å². The Labute approximate surface area is 138 Å². The summed E-state index contributed by atoms with van der Waals surface area (Å²) in [5, 5.41) is 9.07. The standard InChI is InChI=1S/C17H17FN4S/c1-11-3-5-14(6-4-11)16-20-21-17(22(16)19)23-12(2)13-7-9-15(18)10-8-13/h3-10,12H,19H2,1-2H3/t12-/m0/s1. The number of nitrogens with zero attached hydrogens (tertiary/aromatic N) is 3. The molecule has 2 aromatic carbocycles. The molecular formula is C17H17FN4S. The number of nitrogens with two attached hydrogens (primary N) is 1. The number of aromatic nitrogens is 3. The van der Waals surface area contributed by atoms with E-state index < -0.39 is 0 Å². The Balaban J connectivity index is 1.81. The van der Waals surface area contributed by atoms with Crippen molar-refractivity contribution in [3.8, 4) is 11.4 Å². The Bertz CT molecular complexity index is 796. The third kappa shape index (κ3) is 3.37. The molecule has 3 rings (SSSR count). The number of aryl methyl sites for hydroxylation is 1. The quantitative estimate of drug-likeness (QED) is 0.582. The van der Waals surface area contributed by atoms with Crippen LogP contribution in [0.5, 0.6) is 0 Å². The predicted octanol–water partition coefficient (Wildman–Crippen LogP) is 3.96. The van der Waals surface area contributed by atoms with Gasteiger partial charge in [0, 0.05) is 10.8 Å². The lowest BCUT2D eigenvalue weighted by Crippen LogP contribution is -2.12. The van der Waals surface area contributed by atoms with Gasteiger partial charge in [-0.1, -0.05) is 53.7 Å². The van der Waals surface area contributed by atoms with Gasteiger partial charge in [0.25, 0.3) is 0 Å². The van der Waals surface area contributed by atoms with Crippen LogP contribution < -0.4 is 5.84 Å². The molecule has 0 saturated heterocycles. The molecule has 23 heavy (non-hydrogen) atoms. The molecule has 0 bridgehead atoms. The molecule has 0 unspecified atom stereocenters. The van der Waals surface area contributed by atoms with E-state index in [9.17, 15) is 4.39 Å². The van der Waals surface area contributed by atoms with Gasteiger partial charge in [-0.15, -0.1) is 10.2 Å².